The monoisotopic (exact) mass is 504 g/mol. The van der Waals surface area contributed by atoms with Crippen molar-refractivity contribution >= 4 is 33.4 Å². The second kappa shape index (κ2) is 10.3. The van der Waals surface area contributed by atoms with Crippen LogP contribution in [0.4, 0.5) is 11.5 Å². The molecule has 6 rings (SSSR count). The van der Waals surface area contributed by atoms with Crippen LogP contribution in [0.15, 0.2) is 85.1 Å². The molecule has 0 radical (unpaired) electrons. The lowest BCUT2D eigenvalue weighted by atomic mass is 10.0. The smallest absolute Gasteiger partial charge is 0.153 e. The van der Waals surface area contributed by atoms with Gasteiger partial charge >= 0.3 is 0 Å². The van der Waals surface area contributed by atoms with Gasteiger partial charge < -0.3 is 25.5 Å². The molecule has 0 aliphatic carbocycles. The summed E-state index contributed by atoms with van der Waals surface area (Å²) in [5, 5.41) is 12.4. The van der Waals surface area contributed by atoms with Crippen molar-refractivity contribution in [2.24, 2.45) is 0 Å². The molecule has 8 heteroatoms. The Morgan fingerprint density at radius 2 is 1.82 bits per heavy atom. The third-order valence-corrected chi connectivity index (χ3v) is 6.54. The fourth-order valence-electron chi connectivity index (χ4n) is 4.61. The zero-order valence-corrected chi connectivity index (χ0v) is 21.0. The lowest BCUT2D eigenvalue weighted by molar-refractivity contribution is 0.211. The first kappa shape index (κ1) is 23.6. The van der Waals surface area contributed by atoms with Crippen LogP contribution < -0.4 is 15.8 Å². The number of nitrogens with one attached hydrogen (secondary N) is 3. The largest absolute Gasteiger partial charge is 0.489 e. The van der Waals surface area contributed by atoms with E-state index in [-0.39, 0.29) is 0 Å². The first-order valence-corrected chi connectivity index (χ1v) is 12.4. The number of pyridine rings is 1. The number of rotatable bonds is 9. The van der Waals surface area contributed by atoms with Crippen molar-refractivity contribution in [1.82, 2.24) is 20.2 Å². The number of anilines is 2. The molecule has 0 amide bonds. The van der Waals surface area contributed by atoms with Crippen molar-refractivity contribution in [3.8, 4) is 28.1 Å². The van der Waals surface area contributed by atoms with Gasteiger partial charge in [0, 0.05) is 53.6 Å². The second-order valence-corrected chi connectivity index (χ2v) is 9.11. The highest BCUT2D eigenvalue weighted by atomic mass is 16.5. The molecule has 0 bridgehead atoms. The Balaban J connectivity index is 1.37. The van der Waals surface area contributed by atoms with E-state index in [9.17, 15) is 0 Å². The molecule has 3 aromatic carbocycles. The molecule has 6 aromatic rings. The van der Waals surface area contributed by atoms with Gasteiger partial charge in [0.05, 0.1) is 12.1 Å². The van der Waals surface area contributed by atoms with Gasteiger partial charge in [0.25, 0.3) is 0 Å². The summed E-state index contributed by atoms with van der Waals surface area (Å²) in [7, 11) is 1.69. The maximum absolute atomic E-state index is 6.19. The molecule has 3 aromatic heterocycles. The summed E-state index contributed by atoms with van der Waals surface area (Å²) in [6, 6.07) is 26.6. The number of ether oxygens (including phenoxy) is 2. The summed E-state index contributed by atoms with van der Waals surface area (Å²) < 4.78 is 11.4. The Labute approximate surface area is 219 Å². The van der Waals surface area contributed by atoms with Crippen LogP contribution in [-0.4, -0.2) is 40.4 Å². The first-order chi connectivity index (χ1) is 18.7. The van der Waals surface area contributed by atoms with E-state index in [0.717, 1.165) is 61.3 Å². The number of methoxy groups -OCH3 is 1. The Morgan fingerprint density at radius 1 is 0.921 bits per heavy atom. The molecule has 0 aliphatic rings. The predicted molar refractivity (Wildman–Crippen MR) is 152 cm³/mol. The van der Waals surface area contributed by atoms with Crippen LogP contribution in [0.3, 0.4) is 0 Å². The maximum Gasteiger partial charge on any atom is 0.153 e. The Hall–Kier alpha value is -4.82. The number of nitrogens with zero attached hydrogens (tertiary/aromatic N) is 2. The fourth-order valence-corrected chi connectivity index (χ4v) is 4.61. The van der Waals surface area contributed by atoms with E-state index < -0.39 is 0 Å². The van der Waals surface area contributed by atoms with Crippen LogP contribution in [-0.2, 0) is 11.3 Å². The van der Waals surface area contributed by atoms with Gasteiger partial charge in [0.1, 0.15) is 18.0 Å². The van der Waals surface area contributed by atoms with Crippen molar-refractivity contribution in [3.63, 3.8) is 0 Å². The highest BCUT2D eigenvalue weighted by Gasteiger charge is 2.13. The number of aromatic amines is 2. The minimum Gasteiger partial charge on any atom is -0.489 e. The molecule has 0 atom stereocenters. The Bertz CT molecular complexity index is 1710. The van der Waals surface area contributed by atoms with Crippen molar-refractivity contribution in [1.29, 1.82) is 0 Å². The standard InChI is InChI=1S/C30H28N6O2/c1-37-12-11-32-22-13-21(14-23(16-22)38-18-19-5-3-2-4-6-19)28-17-25-24(9-10-33-30(25)34-28)20-7-8-27-26(15-20)29(31)36-35-27/h2-10,13-17,32H,11-12,18H2,1H3,(H,33,34)(H3,31,35,36). The van der Waals surface area contributed by atoms with Gasteiger partial charge in [-0.15, -0.1) is 0 Å². The molecule has 0 saturated carbocycles. The summed E-state index contributed by atoms with van der Waals surface area (Å²) >= 11 is 0. The quantitative estimate of drug-likeness (QED) is 0.180. The molecule has 3 heterocycles. The molecular formula is C30H28N6O2. The van der Waals surface area contributed by atoms with Crippen molar-refractivity contribution in [2.75, 3.05) is 31.3 Å². The molecule has 0 fully saturated rings. The van der Waals surface area contributed by atoms with Crippen LogP contribution in [0.1, 0.15) is 5.56 Å². The van der Waals surface area contributed by atoms with E-state index in [4.69, 9.17) is 15.2 Å². The molecule has 0 saturated heterocycles. The van der Waals surface area contributed by atoms with Crippen LogP contribution in [0.2, 0.25) is 0 Å². The summed E-state index contributed by atoms with van der Waals surface area (Å²) in [6.45, 7) is 1.78. The molecule has 5 N–H and O–H groups in total. The van der Waals surface area contributed by atoms with Gasteiger partial charge in [-0.3, -0.25) is 5.10 Å². The van der Waals surface area contributed by atoms with E-state index in [0.29, 0.717) is 25.6 Å². The van der Waals surface area contributed by atoms with Crippen LogP contribution >= 0.6 is 0 Å². The second-order valence-electron chi connectivity index (χ2n) is 9.11. The number of hydrogen-bond acceptors (Lipinski definition) is 6. The molecule has 0 spiro atoms. The summed E-state index contributed by atoms with van der Waals surface area (Å²) in [5.74, 6) is 1.27. The SMILES string of the molecule is COCCNc1cc(OCc2ccccc2)cc(-c2cc3c(-c4ccc5[nH]nc(N)c5c4)ccnc3[nH]2)c1. The van der Waals surface area contributed by atoms with Crippen molar-refractivity contribution < 1.29 is 9.47 Å². The van der Waals surface area contributed by atoms with Gasteiger partial charge in [-0.2, -0.15) is 5.10 Å². The number of benzene rings is 3. The van der Waals surface area contributed by atoms with E-state index in [1.54, 1.807) is 7.11 Å². The fraction of sp³-hybridized carbons (Fsp3) is 0.133. The Kier molecular flexibility index (Phi) is 6.37. The molecule has 0 aliphatic heterocycles. The van der Waals surface area contributed by atoms with E-state index >= 15 is 0 Å². The van der Waals surface area contributed by atoms with Crippen molar-refractivity contribution in [3.05, 3.63) is 90.6 Å². The highest BCUT2D eigenvalue weighted by Crippen LogP contribution is 2.35. The normalized spacial score (nSPS) is 11.3. The van der Waals surface area contributed by atoms with E-state index in [2.05, 4.69) is 61.9 Å². The third-order valence-electron chi connectivity index (χ3n) is 6.54. The van der Waals surface area contributed by atoms with E-state index in [1.807, 2.05) is 48.7 Å². The lowest BCUT2D eigenvalue weighted by Gasteiger charge is -2.12. The predicted octanol–water partition coefficient (Wildman–Crippen LogP) is 5.99. The molecule has 38 heavy (non-hydrogen) atoms. The summed E-state index contributed by atoms with van der Waals surface area (Å²) in [4.78, 5) is 8.10. The number of H-pyrrole nitrogens is 2. The average molecular weight is 505 g/mol. The van der Waals surface area contributed by atoms with Crippen LogP contribution in [0.5, 0.6) is 5.75 Å². The zero-order chi connectivity index (χ0) is 25.9. The van der Waals surface area contributed by atoms with Gasteiger partial charge in [0.2, 0.25) is 0 Å². The minimum absolute atomic E-state index is 0.486. The number of nitrogens with two attached hydrogens (primary N) is 1. The van der Waals surface area contributed by atoms with Gasteiger partial charge in [-0.1, -0.05) is 36.4 Å². The van der Waals surface area contributed by atoms with Gasteiger partial charge in [-0.25, -0.2) is 4.98 Å². The molecule has 190 valence electrons. The number of aromatic nitrogens is 4. The van der Waals surface area contributed by atoms with Crippen LogP contribution in [0.25, 0.3) is 44.3 Å². The highest BCUT2D eigenvalue weighted by molar-refractivity contribution is 5.99. The zero-order valence-electron chi connectivity index (χ0n) is 21.0. The minimum atomic E-state index is 0.486. The average Bonchev–Trinajstić information content (AvgIpc) is 3.56. The van der Waals surface area contributed by atoms with Crippen LogP contribution in [0, 0.1) is 0 Å². The summed E-state index contributed by atoms with van der Waals surface area (Å²) in [6.07, 6.45) is 1.82. The number of fused-ring (bicyclic) bond motifs is 2. The number of nitrogen functional groups attached to an aromatic ring is 1. The summed E-state index contributed by atoms with van der Waals surface area (Å²) in [5.41, 5.74) is 13.9. The van der Waals surface area contributed by atoms with Gasteiger partial charge in [-0.05, 0) is 53.1 Å². The first-order valence-electron chi connectivity index (χ1n) is 12.4. The lowest BCUT2D eigenvalue weighted by Crippen LogP contribution is -2.07. The maximum atomic E-state index is 6.19. The molecular weight excluding hydrogens is 476 g/mol. The number of hydrogen-bond donors (Lipinski definition) is 4. The topological polar surface area (TPSA) is 114 Å². The third kappa shape index (κ3) is 4.77. The molecule has 0 unspecified atom stereocenters. The van der Waals surface area contributed by atoms with Gasteiger partial charge in [0.15, 0.2) is 5.82 Å². The van der Waals surface area contributed by atoms with Crippen molar-refractivity contribution in [2.45, 2.75) is 6.61 Å². The molecule has 8 nitrogen and oxygen atoms in total. The van der Waals surface area contributed by atoms with E-state index in [1.165, 1.54) is 0 Å². The Morgan fingerprint density at radius 3 is 2.68 bits per heavy atom.